The number of aromatic amines is 1. The summed E-state index contributed by atoms with van der Waals surface area (Å²) in [5, 5.41) is 21.5. The molecule has 0 spiro atoms. The van der Waals surface area contributed by atoms with E-state index in [2.05, 4.69) is 63.7 Å². The number of thioether (sulfide) groups is 2. The van der Waals surface area contributed by atoms with Crippen LogP contribution in [0.25, 0.3) is 0 Å². The summed E-state index contributed by atoms with van der Waals surface area (Å²) >= 11 is 3.66. The van der Waals surface area contributed by atoms with Crippen LogP contribution in [-0.4, -0.2) is 79.7 Å². The molecule has 2 heterocycles. The van der Waals surface area contributed by atoms with Crippen molar-refractivity contribution in [3.8, 4) is 5.75 Å². The largest absolute Gasteiger partial charge is 0.496 e. The van der Waals surface area contributed by atoms with Gasteiger partial charge in [0.15, 0.2) is 5.82 Å². The zero-order chi connectivity index (χ0) is 33.1. The molecule has 0 radical (unpaired) electrons. The predicted molar refractivity (Wildman–Crippen MR) is 192 cm³/mol. The van der Waals surface area contributed by atoms with Crippen molar-refractivity contribution in [2.24, 2.45) is 0 Å². The second-order valence-corrected chi connectivity index (χ2v) is 13.6. The van der Waals surface area contributed by atoms with Crippen LogP contribution in [0.4, 0.5) is 11.8 Å². The van der Waals surface area contributed by atoms with E-state index in [1.807, 2.05) is 35.7 Å². The van der Waals surface area contributed by atoms with Crippen molar-refractivity contribution >= 4 is 41.2 Å². The van der Waals surface area contributed by atoms with Crippen LogP contribution in [0.1, 0.15) is 99.8 Å². The van der Waals surface area contributed by atoms with Gasteiger partial charge < -0.3 is 21.1 Å². The first-order chi connectivity index (χ1) is 22.4. The van der Waals surface area contributed by atoms with E-state index < -0.39 is 0 Å². The third-order valence-electron chi connectivity index (χ3n) is 8.02. The Morgan fingerprint density at radius 1 is 1.00 bits per heavy atom. The number of nitrogens with zero attached hydrogens (tertiary/aromatic N) is 5. The van der Waals surface area contributed by atoms with Gasteiger partial charge in [-0.2, -0.15) is 33.7 Å². The van der Waals surface area contributed by atoms with Crippen molar-refractivity contribution in [2.75, 3.05) is 42.2 Å². The Morgan fingerprint density at radius 3 is 2.37 bits per heavy atom. The van der Waals surface area contributed by atoms with Gasteiger partial charge in [0.2, 0.25) is 11.9 Å². The molecule has 0 unspecified atom stereocenters. The molecule has 11 nitrogen and oxygen atoms in total. The average molecular weight is 672 g/mol. The van der Waals surface area contributed by atoms with Gasteiger partial charge in [0.1, 0.15) is 11.6 Å². The number of nitrogen functional groups attached to an aromatic ring is 1. The number of aryl methyl sites for hydroxylation is 1. The van der Waals surface area contributed by atoms with E-state index in [0.29, 0.717) is 31.5 Å². The number of H-pyrrole nitrogens is 1. The lowest BCUT2D eigenvalue weighted by Gasteiger charge is -2.23. The second-order valence-electron chi connectivity index (χ2n) is 11.6. The number of amides is 1. The molecule has 0 aliphatic rings. The number of anilines is 2. The fraction of sp³-hybridized carbons (Fsp3) is 0.636. The zero-order valence-corrected chi connectivity index (χ0v) is 29.9. The molecule has 3 aromatic rings. The van der Waals surface area contributed by atoms with E-state index in [1.165, 1.54) is 0 Å². The van der Waals surface area contributed by atoms with Gasteiger partial charge in [0, 0.05) is 36.9 Å². The van der Waals surface area contributed by atoms with Gasteiger partial charge in [-0.1, -0.05) is 56.9 Å². The minimum Gasteiger partial charge on any atom is -0.496 e. The van der Waals surface area contributed by atoms with Crippen LogP contribution in [-0.2, 0) is 24.1 Å². The van der Waals surface area contributed by atoms with Crippen molar-refractivity contribution in [3.05, 3.63) is 46.4 Å². The summed E-state index contributed by atoms with van der Waals surface area (Å²) in [7, 11) is 1.68. The average Bonchev–Trinajstić information content (AvgIpc) is 3.57. The highest BCUT2D eigenvalue weighted by Crippen LogP contribution is 2.30. The van der Waals surface area contributed by atoms with Gasteiger partial charge in [-0.15, -0.1) is 10.2 Å². The first-order valence-electron chi connectivity index (χ1n) is 16.5. The molecule has 3 rings (SSSR count). The number of benzene rings is 1. The molecule has 2 atom stereocenters. The monoisotopic (exact) mass is 671 g/mol. The van der Waals surface area contributed by atoms with Crippen LogP contribution in [0.3, 0.4) is 0 Å². The minimum atomic E-state index is 0.0420. The number of hydrogen-bond acceptors (Lipinski definition) is 11. The number of hydrogen-bond donors (Lipinski definition) is 4. The third-order valence-corrected chi connectivity index (χ3v) is 9.31. The van der Waals surface area contributed by atoms with Crippen LogP contribution < -0.4 is 21.1 Å². The Labute approximate surface area is 283 Å². The maximum absolute atomic E-state index is 13.3. The van der Waals surface area contributed by atoms with E-state index in [4.69, 9.17) is 20.4 Å². The number of nitrogens with two attached hydrogens (primary N) is 1. The predicted octanol–water partition coefficient (Wildman–Crippen LogP) is 5.85. The van der Waals surface area contributed by atoms with Gasteiger partial charge in [-0.3, -0.25) is 4.79 Å². The Morgan fingerprint density at radius 2 is 1.72 bits per heavy atom. The Kier molecular flexibility index (Phi) is 17.0. The molecule has 0 saturated carbocycles. The maximum Gasteiger partial charge on any atom is 0.222 e. The van der Waals surface area contributed by atoms with Gasteiger partial charge in [-0.25, -0.2) is 4.98 Å². The van der Waals surface area contributed by atoms with Crippen molar-refractivity contribution in [1.82, 2.24) is 35.9 Å². The topological polar surface area (TPSA) is 157 Å². The number of carbonyl (C=O) groups is 1. The van der Waals surface area contributed by atoms with Crippen molar-refractivity contribution in [3.63, 3.8) is 0 Å². The van der Waals surface area contributed by atoms with Gasteiger partial charge in [-0.05, 0) is 73.3 Å². The van der Waals surface area contributed by atoms with E-state index >= 15 is 0 Å². The third kappa shape index (κ3) is 12.6. The quantitative estimate of drug-likeness (QED) is 0.0959. The molecule has 0 aliphatic heterocycles. The van der Waals surface area contributed by atoms with E-state index in [0.717, 1.165) is 96.8 Å². The smallest absolute Gasteiger partial charge is 0.222 e. The number of aromatic nitrogens is 6. The molecule has 0 aliphatic carbocycles. The van der Waals surface area contributed by atoms with Gasteiger partial charge in [0.25, 0.3) is 0 Å². The molecular formula is C33H53N9O2S2. The Bertz CT molecular complexity index is 1290. The number of tetrazole rings is 1. The molecule has 254 valence electrons. The molecular weight excluding hydrogens is 619 g/mol. The van der Waals surface area contributed by atoms with Crippen molar-refractivity contribution in [2.45, 2.75) is 103 Å². The highest BCUT2D eigenvalue weighted by molar-refractivity contribution is 7.98. The van der Waals surface area contributed by atoms with Crippen molar-refractivity contribution < 1.29 is 9.53 Å². The summed E-state index contributed by atoms with van der Waals surface area (Å²) in [4.78, 5) is 22.7. The van der Waals surface area contributed by atoms with E-state index in [-0.39, 0.29) is 23.9 Å². The van der Waals surface area contributed by atoms with Crippen LogP contribution in [0, 0.1) is 0 Å². The number of nitrogens with one attached hydrogen (secondary N) is 3. The molecule has 2 aromatic heterocycles. The standard InChI is InChI=1S/C33H53N9O2S2/c1-6-8-10-25(16-18-45-4)35-31(43)15-13-28-27(32(38-33(34)37-28)36-26(11-9-7-2)17-19-46-5)22-24-20-23(12-14-29(24)44-3)21-30-39-41-42-40-30/h12,14,20,25-26H,6-11,13,15-19,21-22H2,1-5H3,(H,35,43)(H3,34,36,37,38)(H,39,40,41,42)/t25-,26-/m0/s1. The summed E-state index contributed by atoms with van der Waals surface area (Å²) in [5.41, 5.74) is 10.1. The Hall–Kier alpha value is -3.06. The highest BCUT2D eigenvalue weighted by Gasteiger charge is 2.21. The summed E-state index contributed by atoms with van der Waals surface area (Å²) in [6.45, 7) is 4.40. The molecule has 13 heteroatoms. The first-order valence-corrected chi connectivity index (χ1v) is 19.3. The zero-order valence-electron chi connectivity index (χ0n) is 28.2. The lowest BCUT2D eigenvalue weighted by molar-refractivity contribution is -0.121. The summed E-state index contributed by atoms with van der Waals surface area (Å²) in [6.07, 6.45) is 14.6. The van der Waals surface area contributed by atoms with E-state index in [1.54, 1.807) is 7.11 Å². The fourth-order valence-corrected chi connectivity index (χ4v) is 6.54. The highest BCUT2D eigenvalue weighted by atomic mass is 32.2. The molecule has 0 saturated heterocycles. The maximum atomic E-state index is 13.3. The lowest BCUT2D eigenvalue weighted by Crippen LogP contribution is -2.35. The molecule has 0 fully saturated rings. The SMILES string of the molecule is CCCC[C@@H](CCSC)NC(=O)CCc1nc(N)nc(N[C@@H](CCCC)CCSC)c1Cc1cc(Cc2nn[nH]n2)ccc1OC. The number of unbranched alkanes of at least 4 members (excludes halogenated alkanes) is 2. The normalized spacial score (nSPS) is 12.5. The molecule has 46 heavy (non-hydrogen) atoms. The van der Waals surface area contributed by atoms with E-state index in [9.17, 15) is 4.79 Å². The van der Waals surface area contributed by atoms with Gasteiger partial charge in [0.05, 0.1) is 12.8 Å². The lowest BCUT2D eigenvalue weighted by atomic mass is 9.97. The van der Waals surface area contributed by atoms with Crippen molar-refractivity contribution in [1.29, 1.82) is 0 Å². The van der Waals surface area contributed by atoms with Crippen LogP contribution in [0.2, 0.25) is 0 Å². The summed E-state index contributed by atoms with van der Waals surface area (Å²) in [5.74, 6) is 4.44. The molecule has 1 amide bonds. The second kappa shape index (κ2) is 20.9. The summed E-state index contributed by atoms with van der Waals surface area (Å²) < 4.78 is 5.80. The number of methoxy groups -OCH3 is 1. The first kappa shape index (κ1) is 37.4. The summed E-state index contributed by atoms with van der Waals surface area (Å²) in [6, 6.07) is 6.53. The number of carbonyl (C=O) groups excluding carboxylic acids is 1. The van der Waals surface area contributed by atoms with Crippen LogP contribution in [0.15, 0.2) is 18.2 Å². The minimum absolute atomic E-state index is 0.0420. The molecule has 1 aromatic carbocycles. The van der Waals surface area contributed by atoms with Crippen LogP contribution in [0.5, 0.6) is 5.75 Å². The molecule has 0 bridgehead atoms. The number of ether oxygens (including phenoxy) is 1. The fourth-order valence-electron chi connectivity index (χ4n) is 5.50. The molecule has 5 N–H and O–H groups in total. The van der Waals surface area contributed by atoms with Crippen LogP contribution >= 0.6 is 23.5 Å². The van der Waals surface area contributed by atoms with Gasteiger partial charge >= 0.3 is 0 Å². The number of rotatable bonds is 23. The Balaban J connectivity index is 1.95.